The van der Waals surface area contributed by atoms with Gasteiger partial charge in [-0.25, -0.2) is 0 Å². The van der Waals surface area contributed by atoms with Gasteiger partial charge in [-0.1, -0.05) is 38.8 Å². The van der Waals surface area contributed by atoms with Crippen LogP contribution in [0.15, 0.2) is 12.2 Å². The largest absolute Gasteiger partial charge is 0.312 e. The zero-order valence-electron chi connectivity index (χ0n) is 12.9. The van der Waals surface area contributed by atoms with Crippen LogP contribution >= 0.6 is 0 Å². The normalized spacial score (nSPS) is 20.3. The Labute approximate surface area is 114 Å². The van der Waals surface area contributed by atoms with Crippen LogP contribution in [0.1, 0.15) is 58.8 Å². The van der Waals surface area contributed by atoms with E-state index in [1.165, 1.54) is 37.7 Å². The number of nitrogens with zero attached hydrogens (tertiary/aromatic N) is 1. The summed E-state index contributed by atoms with van der Waals surface area (Å²) in [5.41, 5.74) is 1.74. The van der Waals surface area contributed by atoms with Crippen LogP contribution in [0, 0.1) is 0 Å². The number of hydrogen-bond acceptors (Lipinski definition) is 2. The van der Waals surface area contributed by atoms with Crippen LogP contribution in [0.2, 0.25) is 0 Å². The number of likely N-dealkylation sites (N-methyl/N-ethyl adjacent to an activating group) is 1. The molecule has 0 spiro atoms. The van der Waals surface area contributed by atoms with E-state index in [1.54, 1.807) is 0 Å². The minimum Gasteiger partial charge on any atom is -0.312 e. The maximum atomic E-state index is 4.22. The van der Waals surface area contributed by atoms with E-state index in [2.05, 4.69) is 44.7 Å². The fourth-order valence-corrected chi connectivity index (χ4v) is 3.30. The molecule has 106 valence electrons. The van der Waals surface area contributed by atoms with Crippen molar-refractivity contribution in [3.8, 4) is 0 Å². The Balaban J connectivity index is 2.80. The molecule has 0 aromatic carbocycles. The molecule has 0 aromatic rings. The second-order valence-electron chi connectivity index (χ2n) is 6.02. The van der Waals surface area contributed by atoms with Gasteiger partial charge in [-0.3, -0.25) is 0 Å². The lowest BCUT2D eigenvalue weighted by atomic mass is 9.82. The Morgan fingerprint density at radius 3 is 2.33 bits per heavy atom. The van der Waals surface area contributed by atoms with Gasteiger partial charge < -0.3 is 10.2 Å². The lowest BCUT2D eigenvalue weighted by Gasteiger charge is -2.44. The molecule has 1 saturated carbocycles. The van der Waals surface area contributed by atoms with E-state index in [4.69, 9.17) is 0 Å². The minimum absolute atomic E-state index is 0.354. The Morgan fingerprint density at radius 1 is 1.28 bits per heavy atom. The molecule has 18 heavy (non-hydrogen) atoms. The smallest absolute Gasteiger partial charge is 0.0359 e. The highest BCUT2D eigenvalue weighted by molar-refractivity contribution is 5.08. The molecule has 1 rings (SSSR count). The highest BCUT2D eigenvalue weighted by Crippen LogP contribution is 2.38. The summed E-state index contributed by atoms with van der Waals surface area (Å²) in [4.78, 5) is 2.47. The molecule has 0 aromatic heterocycles. The second-order valence-corrected chi connectivity index (χ2v) is 6.02. The quantitative estimate of drug-likeness (QED) is 0.664. The van der Waals surface area contributed by atoms with Crippen molar-refractivity contribution in [3.05, 3.63) is 12.2 Å². The van der Waals surface area contributed by atoms with Crippen molar-refractivity contribution < 1.29 is 0 Å². The summed E-state index contributed by atoms with van der Waals surface area (Å²) in [5.74, 6) is 0. The summed E-state index contributed by atoms with van der Waals surface area (Å²) in [7, 11) is 4.50. The Kier molecular flexibility index (Phi) is 6.37. The van der Waals surface area contributed by atoms with Crippen LogP contribution in [0.4, 0.5) is 0 Å². The first kappa shape index (κ1) is 15.7. The highest BCUT2D eigenvalue weighted by atomic mass is 15.2. The molecule has 0 bridgehead atoms. The maximum absolute atomic E-state index is 4.22. The van der Waals surface area contributed by atoms with Gasteiger partial charge in [-0.05, 0) is 52.7 Å². The zero-order valence-corrected chi connectivity index (χ0v) is 12.9. The first-order chi connectivity index (χ1) is 8.56. The van der Waals surface area contributed by atoms with Crippen LogP contribution in [-0.4, -0.2) is 37.1 Å². The molecule has 2 heteroatoms. The molecule has 1 N–H and O–H groups in total. The summed E-state index contributed by atoms with van der Waals surface area (Å²) in [6, 6.07) is 0.572. The lowest BCUT2D eigenvalue weighted by molar-refractivity contribution is 0.104. The fourth-order valence-electron chi connectivity index (χ4n) is 3.30. The van der Waals surface area contributed by atoms with Gasteiger partial charge in [0.25, 0.3) is 0 Å². The predicted octanol–water partition coefficient (Wildman–Crippen LogP) is 3.59. The third-order valence-corrected chi connectivity index (χ3v) is 4.64. The molecule has 0 heterocycles. The first-order valence-corrected chi connectivity index (χ1v) is 7.64. The third-order valence-electron chi connectivity index (χ3n) is 4.64. The van der Waals surface area contributed by atoms with Crippen LogP contribution in [0.5, 0.6) is 0 Å². The van der Waals surface area contributed by atoms with Crippen molar-refractivity contribution in [1.82, 2.24) is 10.2 Å². The van der Waals surface area contributed by atoms with Crippen molar-refractivity contribution in [2.24, 2.45) is 0 Å². The van der Waals surface area contributed by atoms with Crippen LogP contribution in [0.25, 0.3) is 0 Å². The van der Waals surface area contributed by atoms with Crippen molar-refractivity contribution in [2.45, 2.75) is 70.4 Å². The SMILES string of the molecule is C=C(CC)CC(NCCC)C1(N(C)C)CCCC1. The van der Waals surface area contributed by atoms with E-state index in [0.29, 0.717) is 11.6 Å². The van der Waals surface area contributed by atoms with Crippen molar-refractivity contribution in [1.29, 1.82) is 0 Å². The number of rotatable bonds is 8. The molecule has 1 atom stereocenters. The van der Waals surface area contributed by atoms with Gasteiger partial charge in [0.05, 0.1) is 0 Å². The van der Waals surface area contributed by atoms with E-state index >= 15 is 0 Å². The highest BCUT2D eigenvalue weighted by Gasteiger charge is 2.42. The van der Waals surface area contributed by atoms with E-state index in [0.717, 1.165) is 19.4 Å². The molecule has 1 aliphatic carbocycles. The molecule has 2 nitrogen and oxygen atoms in total. The maximum Gasteiger partial charge on any atom is 0.0359 e. The minimum atomic E-state index is 0.354. The van der Waals surface area contributed by atoms with Crippen LogP contribution in [-0.2, 0) is 0 Å². The first-order valence-electron chi connectivity index (χ1n) is 7.64. The second kappa shape index (κ2) is 7.30. The van der Waals surface area contributed by atoms with Gasteiger partial charge >= 0.3 is 0 Å². The number of hydrogen-bond donors (Lipinski definition) is 1. The Hall–Kier alpha value is -0.340. The fraction of sp³-hybridized carbons (Fsp3) is 0.875. The van der Waals surface area contributed by atoms with Crippen LogP contribution in [0.3, 0.4) is 0 Å². The van der Waals surface area contributed by atoms with Gasteiger partial charge in [0.2, 0.25) is 0 Å². The summed E-state index contributed by atoms with van der Waals surface area (Å²) in [6.07, 6.45) is 8.86. The van der Waals surface area contributed by atoms with Gasteiger partial charge in [0, 0.05) is 11.6 Å². The zero-order chi connectivity index (χ0) is 13.6. The Morgan fingerprint density at radius 2 is 1.89 bits per heavy atom. The monoisotopic (exact) mass is 252 g/mol. The van der Waals surface area contributed by atoms with Gasteiger partial charge in [-0.2, -0.15) is 0 Å². The molecular weight excluding hydrogens is 220 g/mol. The van der Waals surface area contributed by atoms with E-state index in [1.807, 2.05) is 0 Å². The summed E-state index contributed by atoms with van der Waals surface area (Å²) < 4.78 is 0. The average Bonchev–Trinajstić information content (AvgIpc) is 2.84. The summed E-state index contributed by atoms with van der Waals surface area (Å²) >= 11 is 0. The molecule has 1 fully saturated rings. The molecule has 0 aliphatic heterocycles. The standard InChI is InChI=1S/C16H32N2/c1-6-12-17-15(13-14(3)7-2)16(18(4)5)10-8-9-11-16/h15,17H,3,6-13H2,1-2,4-5H3. The van der Waals surface area contributed by atoms with Gasteiger partial charge in [0.15, 0.2) is 0 Å². The van der Waals surface area contributed by atoms with Gasteiger partial charge in [-0.15, -0.1) is 0 Å². The predicted molar refractivity (Wildman–Crippen MR) is 81.0 cm³/mol. The topological polar surface area (TPSA) is 15.3 Å². The van der Waals surface area contributed by atoms with E-state index in [-0.39, 0.29) is 0 Å². The molecule has 0 radical (unpaired) electrons. The number of nitrogens with one attached hydrogen (secondary N) is 1. The van der Waals surface area contributed by atoms with E-state index < -0.39 is 0 Å². The van der Waals surface area contributed by atoms with Crippen molar-refractivity contribution in [3.63, 3.8) is 0 Å². The lowest BCUT2D eigenvalue weighted by Crippen LogP contribution is -2.57. The van der Waals surface area contributed by atoms with Gasteiger partial charge in [0.1, 0.15) is 0 Å². The van der Waals surface area contributed by atoms with Crippen LogP contribution < -0.4 is 5.32 Å². The molecular formula is C16H32N2. The average molecular weight is 252 g/mol. The van der Waals surface area contributed by atoms with Crippen molar-refractivity contribution in [2.75, 3.05) is 20.6 Å². The molecule has 1 aliphatic rings. The summed E-state index contributed by atoms with van der Waals surface area (Å²) in [6.45, 7) is 9.81. The summed E-state index contributed by atoms with van der Waals surface area (Å²) in [5, 5.41) is 3.80. The molecule has 0 saturated heterocycles. The van der Waals surface area contributed by atoms with E-state index in [9.17, 15) is 0 Å². The van der Waals surface area contributed by atoms with Crippen molar-refractivity contribution >= 4 is 0 Å². The third kappa shape index (κ3) is 3.58. The molecule has 0 amide bonds. The molecule has 1 unspecified atom stereocenters. The Bertz CT molecular complexity index is 252.